The van der Waals surface area contributed by atoms with Gasteiger partial charge in [-0.2, -0.15) is 0 Å². The van der Waals surface area contributed by atoms with Crippen molar-refractivity contribution in [1.82, 2.24) is 4.90 Å². The number of hydrogen-bond donors (Lipinski definition) is 0. The fourth-order valence-corrected chi connectivity index (χ4v) is 5.26. The van der Waals surface area contributed by atoms with Gasteiger partial charge in [-0.1, -0.05) is 81.3 Å². The molecule has 0 bridgehead atoms. The van der Waals surface area contributed by atoms with Crippen LogP contribution >= 0.6 is 8.20 Å². The minimum atomic E-state index is -0.143. The zero-order valence-electron chi connectivity index (χ0n) is 15.6. The molecule has 0 heterocycles. The molecule has 2 heteroatoms. The average molecular weight is 357 g/mol. The molecule has 130 valence electrons. The Morgan fingerprint density at radius 3 is 2.46 bits per heavy atom. The van der Waals surface area contributed by atoms with E-state index in [-0.39, 0.29) is 11.5 Å². The summed E-state index contributed by atoms with van der Waals surface area (Å²) in [4.78, 5) is 2.33. The van der Waals surface area contributed by atoms with Gasteiger partial charge in [-0.3, -0.25) is 0 Å². The minimum Gasteiger partial charge on any atom is -0.302 e. The zero-order chi connectivity index (χ0) is 18.3. The smallest absolute Gasteiger partial charge is 0.0411 e. The molecule has 0 N–H and O–H groups in total. The summed E-state index contributed by atoms with van der Waals surface area (Å²) in [5.74, 6) is 0. The molecule has 0 saturated heterocycles. The Hall–Kier alpha value is -2.21. The van der Waals surface area contributed by atoms with Gasteiger partial charge in [0.05, 0.1) is 0 Å². The van der Waals surface area contributed by atoms with Gasteiger partial charge >= 0.3 is 0 Å². The molecule has 3 aromatic carbocycles. The first-order chi connectivity index (χ1) is 12.6. The van der Waals surface area contributed by atoms with Crippen LogP contribution in [-0.2, 0) is 5.41 Å². The normalized spacial score (nSPS) is 22.1. The van der Waals surface area contributed by atoms with Crippen molar-refractivity contribution < 1.29 is 0 Å². The van der Waals surface area contributed by atoms with Crippen LogP contribution in [0.2, 0.25) is 0 Å². The van der Waals surface area contributed by atoms with E-state index in [0.29, 0.717) is 0 Å². The van der Waals surface area contributed by atoms with Gasteiger partial charge in [-0.25, -0.2) is 0 Å². The van der Waals surface area contributed by atoms with Crippen LogP contribution < -0.4 is 5.30 Å². The third kappa shape index (κ3) is 2.47. The Kier molecular flexibility index (Phi) is 4.31. The number of likely N-dealkylation sites (N-methyl/N-ethyl adjacent to an activating group) is 1. The molecule has 2 atom stereocenters. The van der Waals surface area contributed by atoms with Gasteiger partial charge in [0.15, 0.2) is 0 Å². The van der Waals surface area contributed by atoms with Crippen molar-refractivity contribution in [2.45, 2.75) is 18.4 Å². The Labute approximate surface area is 157 Å². The van der Waals surface area contributed by atoms with Crippen molar-refractivity contribution in [1.29, 1.82) is 0 Å². The molecule has 26 heavy (non-hydrogen) atoms. The van der Waals surface area contributed by atoms with E-state index in [1.807, 2.05) is 0 Å². The Balaban J connectivity index is 2.14. The van der Waals surface area contributed by atoms with Crippen LogP contribution in [0.4, 0.5) is 0 Å². The summed E-state index contributed by atoms with van der Waals surface area (Å²) in [7, 11) is 5.41. The first kappa shape index (κ1) is 17.2. The summed E-state index contributed by atoms with van der Waals surface area (Å²) in [5, 5.41) is 3.93. The predicted molar refractivity (Wildman–Crippen MR) is 117 cm³/mol. The van der Waals surface area contributed by atoms with Crippen molar-refractivity contribution in [2.24, 2.45) is 0 Å². The van der Waals surface area contributed by atoms with Gasteiger partial charge in [-0.05, 0) is 54.5 Å². The quantitative estimate of drug-likeness (QED) is 0.589. The molecule has 0 radical (unpaired) electrons. The second-order valence-corrected chi connectivity index (χ2v) is 8.19. The SMILES string of the molecule is C=Pc1ccc2ccccc2c1C1(C)c2ccccc2C=CC1N(C)C. The molecule has 4 rings (SSSR count). The van der Waals surface area contributed by atoms with E-state index >= 15 is 0 Å². The standard InChI is InChI=1S/C24H24NP/c1-24(20-12-8-6-10-18(20)14-16-22(24)25(2)3)23-19-11-7-5-9-17(19)13-15-21(23)26-4/h5-16,22H,4H2,1-3H3. The van der Waals surface area contributed by atoms with Gasteiger partial charge in [-0.15, -0.1) is 0 Å². The fourth-order valence-electron chi connectivity index (χ4n) is 4.57. The molecule has 1 aliphatic rings. The number of benzene rings is 3. The van der Waals surface area contributed by atoms with E-state index < -0.39 is 0 Å². The summed E-state index contributed by atoms with van der Waals surface area (Å²) in [6.07, 6.45) is 8.84. The Morgan fingerprint density at radius 2 is 1.69 bits per heavy atom. The van der Waals surface area contributed by atoms with Crippen LogP contribution in [0.5, 0.6) is 0 Å². The van der Waals surface area contributed by atoms with E-state index in [2.05, 4.69) is 105 Å². The highest BCUT2D eigenvalue weighted by molar-refractivity contribution is 7.45. The van der Waals surface area contributed by atoms with Crippen LogP contribution in [0, 0.1) is 0 Å². The number of rotatable bonds is 3. The monoisotopic (exact) mass is 357 g/mol. The lowest BCUT2D eigenvalue weighted by Crippen LogP contribution is -2.49. The molecule has 2 unspecified atom stereocenters. The van der Waals surface area contributed by atoms with E-state index in [9.17, 15) is 0 Å². The van der Waals surface area contributed by atoms with E-state index in [1.54, 1.807) is 0 Å². The number of fused-ring (bicyclic) bond motifs is 2. The molecule has 0 fully saturated rings. The average Bonchev–Trinajstić information content (AvgIpc) is 2.67. The number of hydrogen-bond acceptors (Lipinski definition) is 1. The summed E-state index contributed by atoms with van der Waals surface area (Å²) in [6, 6.07) is 22.3. The molecular weight excluding hydrogens is 333 g/mol. The molecule has 0 aliphatic heterocycles. The van der Waals surface area contributed by atoms with Gasteiger partial charge in [0, 0.05) is 16.8 Å². The predicted octanol–water partition coefficient (Wildman–Crippen LogP) is 5.11. The molecule has 0 amide bonds. The van der Waals surface area contributed by atoms with Crippen LogP contribution in [0.1, 0.15) is 23.6 Å². The zero-order valence-corrected chi connectivity index (χ0v) is 16.5. The second-order valence-electron chi connectivity index (χ2n) is 7.40. The molecule has 0 spiro atoms. The third-order valence-corrected chi connectivity index (χ3v) is 6.44. The van der Waals surface area contributed by atoms with Crippen molar-refractivity contribution in [3.63, 3.8) is 0 Å². The fraction of sp³-hybridized carbons (Fsp3) is 0.208. The number of nitrogens with zero attached hydrogens (tertiary/aromatic N) is 1. The highest BCUT2D eigenvalue weighted by Gasteiger charge is 2.42. The van der Waals surface area contributed by atoms with Gasteiger partial charge < -0.3 is 4.90 Å². The maximum absolute atomic E-state index is 4.22. The van der Waals surface area contributed by atoms with Crippen molar-refractivity contribution >= 4 is 36.7 Å². The van der Waals surface area contributed by atoms with E-state index in [0.717, 1.165) is 8.20 Å². The first-order valence-corrected chi connectivity index (χ1v) is 10.1. The Morgan fingerprint density at radius 1 is 0.962 bits per heavy atom. The summed E-state index contributed by atoms with van der Waals surface area (Å²) in [6.45, 7) is 2.40. The summed E-state index contributed by atoms with van der Waals surface area (Å²) < 4.78 is 0. The maximum Gasteiger partial charge on any atom is 0.0411 e. The summed E-state index contributed by atoms with van der Waals surface area (Å²) in [5.41, 5.74) is 3.97. The van der Waals surface area contributed by atoms with Crippen LogP contribution in [-0.4, -0.2) is 31.3 Å². The van der Waals surface area contributed by atoms with Crippen LogP contribution in [0.25, 0.3) is 16.8 Å². The van der Waals surface area contributed by atoms with Gasteiger partial charge in [0.25, 0.3) is 0 Å². The van der Waals surface area contributed by atoms with Crippen LogP contribution in [0.15, 0.2) is 66.7 Å². The summed E-state index contributed by atoms with van der Waals surface area (Å²) >= 11 is 0. The first-order valence-electron chi connectivity index (χ1n) is 9.00. The Bertz CT molecular complexity index is 1020. The lowest BCUT2D eigenvalue weighted by Gasteiger charge is -2.45. The third-order valence-electron chi connectivity index (χ3n) is 5.72. The van der Waals surface area contributed by atoms with E-state index in [1.165, 1.54) is 32.8 Å². The highest BCUT2D eigenvalue weighted by atomic mass is 31.1. The molecular formula is C24H24NP. The molecule has 3 aromatic rings. The molecule has 1 aliphatic carbocycles. The van der Waals surface area contributed by atoms with Crippen molar-refractivity contribution in [2.75, 3.05) is 14.1 Å². The largest absolute Gasteiger partial charge is 0.302 e. The van der Waals surface area contributed by atoms with Gasteiger partial charge in [0.1, 0.15) is 0 Å². The van der Waals surface area contributed by atoms with Crippen LogP contribution in [0.3, 0.4) is 0 Å². The molecule has 0 aromatic heterocycles. The molecule has 1 nitrogen and oxygen atoms in total. The van der Waals surface area contributed by atoms with Gasteiger partial charge in [0.2, 0.25) is 0 Å². The highest BCUT2D eigenvalue weighted by Crippen LogP contribution is 2.45. The second kappa shape index (κ2) is 6.50. The maximum atomic E-state index is 4.22. The van der Waals surface area contributed by atoms with E-state index in [4.69, 9.17) is 0 Å². The van der Waals surface area contributed by atoms with Crippen molar-refractivity contribution in [3.05, 3.63) is 83.4 Å². The lowest BCUT2D eigenvalue weighted by molar-refractivity contribution is 0.259. The van der Waals surface area contributed by atoms with Crippen molar-refractivity contribution in [3.8, 4) is 0 Å². The lowest BCUT2D eigenvalue weighted by atomic mass is 9.65. The topological polar surface area (TPSA) is 3.24 Å². The molecule has 0 saturated carbocycles. The minimum absolute atomic E-state index is 0.143.